The maximum Gasteiger partial charge on any atom is 0.00647 e. The van der Waals surface area contributed by atoms with Crippen LogP contribution in [0, 0.1) is 11.3 Å². The molecule has 0 heterocycles. The smallest absolute Gasteiger partial charge is 0.00647 e. The van der Waals surface area contributed by atoms with Gasteiger partial charge in [0.1, 0.15) is 0 Å². The number of rotatable bonds is 2. The topological polar surface area (TPSA) is 26.0 Å². The quantitative estimate of drug-likeness (QED) is 0.675. The van der Waals surface area contributed by atoms with E-state index in [1.807, 2.05) is 0 Å². The van der Waals surface area contributed by atoms with Gasteiger partial charge in [0.15, 0.2) is 0 Å². The minimum Gasteiger partial charge on any atom is -0.327 e. The van der Waals surface area contributed by atoms with Crippen molar-refractivity contribution in [2.75, 3.05) is 0 Å². The Balaban J connectivity index is 2.46. The molecule has 0 aliphatic heterocycles. The minimum atomic E-state index is 0.449. The van der Waals surface area contributed by atoms with Gasteiger partial charge < -0.3 is 5.73 Å². The highest BCUT2D eigenvalue weighted by molar-refractivity contribution is 4.84. The van der Waals surface area contributed by atoms with E-state index in [0.29, 0.717) is 11.5 Å². The van der Waals surface area contributed by atoms with Gasteiger partial charge in [0.05, 0.1) is 0 Å². The molecule has 2 unspecified atom stereocenters. The molecule has 0 bridgehead atoms. The third-order valence-electron chi connectivity index (χ3n) is 3.32. The molecule has 12 heavy (non-hydrogen) atoms. The van der Waals surface area contributed by atoms with Gasteiger partial charge in [0.25, 0.3) is 0 Å². The summed E-state index contributed by atoms with van der Waals surface area (Å²) < 4.78 is 0. The largest absolute Gasteiger partial charge is 0.327 e. The van der Waals surface area contributed by atoms with Gasteiger partial charge in [-0.15, -0.1) is 0 Å². The average molecular weight is 169 g/mol. The first-order valence-electron chi connectivity index (χ1n) is 5.31. The predicted octanol–water partition coefficient (Wildman–Crippen LogP) is 2.94. The Bertz CT molecular complexity index is 140. The Hall–Kier alpha value is -0.0400. The number of hydrogen-bond acceptors (Lipinski definition) is 1. The Morgan fingerprint density at radius 1 is 1.50 bits per heavy atom. The second-order valence-electron chi connectivity index (χ2n) is 5.09. The first kappa shape index (κ1) is 10.0. The van der Waals surface area contributed by atoms with E-state index in [4.69, 9.17) is 5.73 Å². The van der Waals surface area contributed by atoms with Crippen LogP contribution < -0.4 is 5.73 Å². The fourth-order valence-corrected chi connectivity index (χ4v) is 2.46. The maximum absolute atomic E-state index is 6.07. The summed E-state index contributed by atoms with van der Waals surface area (Å²) in [6.45, 7) is 6.95. The zero-order chi connectivity index (χ0) is 9.19. The van der Waals surface area contributed by atoms with Crippen molar-refractivity contribution in [1.29, 1.82) is 0 Å². The molecule has 1 fully saturated rings. The van der Waals surface area contributed by atoms with Gasteiger partial charge in [-0.2, -0.15) is 0 Å². The van der Waals surface area contributed by atoms with E-state index < -0.39 is 0 Å². The molecule has 1 aliphatic carbocycles. The number of hydrogen-bond donors (Lipinski definition) is 1. The van der Waals surface area contributed by atoms with Crippen molar-refractivity contribution >= 4 is 0 Å². The fraction of sp³-hybridized carbons (Fsp3) is 1.00. The zero-order valence-corrected chi connectivity index (χ0v) is 8.77. The summed E-state index contributed by atoms with van der Waals surface area (Å²) in [6, 6.07) is 0.449. The fourth-order valence-electron chi connectivity index (χ4n) is 2.46. The van der Waals surface area contributed by atoms with Gasteiger partial charge in [0.2, 0.25) is 0 Å². The van der Waals surface area contributed by atoms with Gasteiger partial charge in [-0.05, 0) is 37.0 Å². The molecule has 72 valence electrons. The third-order valence-corrected chi connectivity index (χ3v) is 3.32. The summed E-state index contributed by atoms with van der Waals surface area (Å²) in [5.74, 6) is 0.791. The molecule has 1 rings (SSSR count). The van der Waals surface area contributed by atoms with Crippen LogP contribution in [-0.2, 0) is 0 Å². The van der Waals surface area contributed by atoms with Gasteiger partial charge in [-0.3, -0.25) is 0 Å². The molecule has 0 aromatic rings. The highest BCUT2D eigenvalue weighted by atomic mass is 14.6. The van der Waals surface area contributed by atoms with Crippen molar-refractivity contribution in [3.8, 4) is 0 Å². The van der Waals surface area contributed by atoms with E-state index in [9.17, 15) is 0 Å². The Kier molecular flexibility index (Phi) is 3.16. The van der Waals surface area contributed by atoms with Gasteiger partial charge in [-0.25, -0.2) is 0 Å². The standard InChI is InChI=1S/C11H23N/c1-4-10(12)9-6-5-7-11(2,3)8-9/h9-10H,4-8,12H2,1-3H3. The maximum atomic E-state index is 6.07. The van der Waals surface area contributed by atoms with Crippen LogP contribution in [0.25, 0.3) is 0 Å². The molecule has 0 aromatic carbocycles. The zero-order valence-electron chi connectivity index (χ0n) is 8.77. The second kappa shape index (κ2) is 3.78. The van der Waals surface area contributed by atoms with Gasteiger partial charge >= 0.3 is 0 Å². The highest BCUT2D eigenvalue weighted by Gasteiger charge is 2.30. The van der Waals surface area contributed by atoms with Crippen LogP contribution >= 0.6 is 0 Å². The Morgan fingerprint density at radius 3 is 2.67 bits per heavy atom. The summed E-state index contributed by atoms with van der Waals surface area (Å²) in [5.41, 5.74) is 6.62. The van der Waals surface area contributed by atoms with Crippen LogP contribution in [0.3, 0.4) is 0 Å². The lowest BCUT2D eigenvalue weighted by molar-refractivity contribution is 0.158. The highest BCUT2D eigenvalue weighted by Crippen LogP contribution is 2.39. The number of nitrogens with two attached hydrogens (primary N) is 1. The van der Waals surface area contributed by atoms with Crippen molar-refractivity contribution in [3.63, 3.8) is 0 Å². The van der Waals surface area contributed by atoms with Crippen LogP contribution in [0.15, 0.2) is 0 Å². The van der Waals surface area contributed by atoms with Crippen LogP contribution in [0.4, 0.5) is 0 Å². The molecule has 0 amide bonds. The van der Waals surface area contributed by atoms with Gasteiger partial charge in [-0.1, -0.05) is 27.2 Å². The molecule has 0 spiro atoms. The van der Waals surface area contributed by atoms with Crippen LogP contribution in [0.2, 0.25) is 0 Å². The van der Waals surface area contributed by atoms with Crippen LogP contribution in [-0.4, -0.2) is 6.04 Å². The molecule has 1 heteroatoms. The molecule has 0 aromatic heterocycles. The molecule has 0 radical (unpaired) electrons. The van der Waals surface area contributed by atoms with E-state index in [1.54, 1.807) is 0 Å². The van der Waals surface area contributed by atoms with Crippen molar-refractivity contribution in [1.82, 2.24) is 0 Å². The molecule has 1 saturated carbocycles. The molecule has 2 atom stereocenters. The predicted molar refractivity (Wildman–Crippen MR) is 54.0 cm³/mol. The molecular formula is C11H23N. The molecular weight excluding hydrogens is 146 g/mol. The average Bonchev–Trinajstić information content (AvgIpc) is 2.01. The van der Waals surface area contributed by atoms with Gasteiger partial charge in [0, 0.05) is 6.04 Å². The van der Waals surface area contributed by atoms with Crippen LogP contribution in [0.5, 0.6) is 0 Å². The monoisotopic (exact) mass is 169 g/mol. The Labute approximate surface area is 76.7 Å². The molecule has 1 nitrogen and oxygen atoms in total. The normalized spacial score (nSPS) is 31.5. The lowest BCUT2D eigenvalue weighted by Crippen LogP contribution is -2.35. The van der Waals surface area contributed by atoms with E-state index in [2.05, 4.69) is 20.8 Å². The summed E-state index contributed by atoms with van der Waals surface area (Å²) in [6.07, 6.45) is 6.60. The van der Waals surface area contributed by atoms with E-state index in [0.717, 1.165) is 12.3 Å². The lowest BCUT2D eigenvalue weighted by atomic mass is 9.70. The summed E-state index contributed by atoms with van der Waals surface area (Å²) in [5, 5.41) is 0. The summed E-state index contributed by atoms with van der Waals surface area (Å²) >= 11 is 0. The minimum absolute atomic E-state index is 0.449. The third kappa shape index (κ3) is 2.48. The van der Waals surface area contributed by atoms with Crippen molar-refractivity contribution < 1.29 is 0 Å². The first-order chi connectivity index (χ1) is 5.55. The van der Waals surface area contributed by atoms with Crippen molar-refractivity contribution in [2.45, 2.75) is 58.9 Å². The Morgan fingerprint density at radius 2 is 2.17 bits per heavy atom. The lowest BCUT2D eigenvalue weighted by Gasteiger charge is -2.37. The van der Waals surface area contributed by atoms with E-state index in [-0.39, 0.29) is 0 Å². The summed E-state index contributed by atoms with van der Waals surface area (Å²) in [7, 11) is 0. The molecule has 2 N–H and O–H groups in total. The molecule has 0 saturated heterocycles. The van der Waals surface area contributed by atoms with E-state index >= 15 is 0 Å². The van der Waals surface area contributed by atoms with Crippen molar-refractivity contribution in [3.05, 3.63) is 0 Å². The van der Waals surface area contributed by atoms with E-state index in [1.165, 1.54) is 25.7 Å². The summed E-state index contributed by atoms with van der Waals surface area (Å²) in [4.78, 5) is 0. The van der Waals surface area contributed by atoms with Crippen LogP contribution in [0.1, 0.15) is 52.9 Å². The second-order valence-corrected chi connectivity index (χ2v) is 5.09. The SMILES string of the molecule is CCC(N)C1CCCC(C)(C)C1. The van der Waals surface area contributed by atoms with Crippen molar-refractivity contribution in [2.24, 2.45) is 17.1 Å². The molecule has 1 aliphatic rings. The first-order valence-corrected chi connectivity index (χ1v) is 5.31.